The summed E-state index contributed by atoms with van der Waals surface area (Å²) in [6.45, 7) is 5.38. The maximum absolute atomic E-state index is 13.0. The Morgan fingerprint density at radius 3 is 2.87 bits per heavy atom. The number of likely N-dealkylation sites (tertiary alicyclic amines) is 1. The van der Waals surface area contributed by atoms with Gasteiger partial charge in [-0.1, -0.05) is 18.6 Å². The number of phenols is 1. The van der Waals surface area contributed by atoms with E-state index in [9.17, 15) is 20.0 Å². The minimum atomic E-state index is -0.478. The zero-order valence-electron chi connectivity index (χ0n) is 17.1. The number of nitro benzene ring substituents is 1. The zero-order valence-corrected chi connectivity index (χ0v) is 17.1. The lowest BCUT2D eigenvalue weighted by Crippen LogP contribution is -2.36. The second kappa shape index (κ2) is 7.91. The summed E-state index contributed by atoms with van der Waals surface area (Å²) in [6, 6.07) is 8.05. The highest BCUT2D eigenvalue weighted by molar-refractivity contribution is 6.15. The zero-order chi connectivity index (χ0) is 21.4. The molecule has 0 amide bonds. The van der Waals surface area contributed by atoms with Gasteiger partial charge in [0, 0.05) is 24.7 Å². The van der Waals surface area contributed by atoms with Gasteiger partial charge in [-0.15, -0.1) is 0 Å². The van der Waals surface area contributed by atoms with Crippen LogP contribution < -0.4 is 4.74 Å². The van der Waals surface area contributed by atoms with Crippen molar-refractivity contribution in [3.63, 3.8) is 0 Å². The van der Waals surface area contributed by atoms with Crippen LogP contribution in [0.15, 0.2) is 36.1 Å². The summed E-state index contributed by atoms with van der Waals surface area (Å²) in [7, 11) is 0. The molecular formula is C23H24N2O5. The quantitative estimate of drug-likeness (QED) is 0.451. The van der Waals surface area contributed by atoms with E-state index in [1.165, 1.54) is 24.6 Å². The van der Waals surface area contributed by atoms with Gasteiger partial charge in [-0.2, -0.15) is 0 Å². The van der Waals surface area contributed by atoms with Gasteiger partial charge >= 0.3 is 0 Å². The summed E-state index contributed by atoms with van der Waals surface area (Å²) in [5, 5.41) is 21.6. The Bertz CT molecular complexity index is 1060. The standard InChI is InChI=1S/C23H24N2O5/c1-14-10-19(26)18(13-24-9-4-3-6-15(24)2)23-21(14)22(27)20(30-23)12-16-7-5-8-17(11-16)25(28)29/h5,7-8,10-12,15,26H,3-4,6,9,13H2,1-2H3/b20-12-. The third-order valence-corrected chi connectivity index (χ3v) is 5.90. The van der Waals surface area contributed by atoms with Crippen molar-refractivity contribution in [2.24, 2.45) is 0 Å². The number of carbonyl (C=O) groups is 1. The van der Waals surface area contributed by atoms with Crippen LogP contribution in [0.1, 0.15) is 53.2 Å². The molecular weight excluding hydrogens is 384 g/mol. The van der Waals surface area contributed by atoms with Crippen molar-refractivity contribution < 1.29 is 19.6 Å². The van der Waals surface area contributed by atoms with Crippen molar-refractivity contribution in [1.29, 1.82) is 0 Å². The molecule has 4 rings (SSSR count). The summed E-state index contributed by atoms with van der Waals surface area (Å²) in [5.41, 5.74) is 2.16. The van der Waals surface area contributed by atoms with Crippen LogP contribution in [0.25, 0.3) is 6.08 Å². The van der Waals surface area contributed by atoms with E-state index in [1.54, 1.807) is 25.1 Å². The Balaban J connectivity index is 1.70. The van der Waals surface area contributed by atoms with Gasteiger partial charge in [0.25, 0.3) is 5.69 Å². The Labute approximate surface area is 174 Å². The summed E-state index contributed by atoms with van der Waals surface area (Å²) in [4.78, 5) is 25.9. The maximum atomic E-state index is 13.0. The summed E-state index contributed by atoms with van der Waals surface area (Å²) in [5.74, 6) is 0.342. The molecule has 0 saturated carbocycles. The molecule has 1 unspecified atom stereocenters. The van der Waals surface area contributed by atoms with Crippen molar-refractivity contribution in [1.82, 2.24) is 4.90 Å². The molecule has 0 spiro atoms. The molecule has 2 aromatic rings. The van der Waals surface area contributed by atoms with E-state index < -0.39 is 4.92 Å². The fraction of sp³-hybridized carbons (Fsp3) is 0.348. The third kappa shape index (κ3) is 3.68. The molecule has 2 aliphatic rings. The summed E-state index contributed by atoms with van der Waals surface area (Å²) in [6.07, 6.45) is 4.92. The lowest BCUT2D eigenvalue weighted by molar-refractivity contribution is -0.384. The van der Waals surface area contributed by atoms with Crippen LogP contribution in [-0.2, 0) is 6.54 Å². The first-order valence-electron chi connectivity index (χ1n) is 10.1. The minimum absolute atomic E-state index is 0.0547. The second-order valence-corrected chi connectivity index (χ2v) is 8.00. The number of hydrogen-bond acceptors (Lipinski definition) is 6. The van der Waals surface area contributed by atoms with Crippen molar-refractivity contribution in [3.8, 4) is 11.5 Å². The van der Waals surface area contributed by atoms with Gasteiger partial charge in [0.05, 0.1) is 16.1 Å². The van der Waals surface area contributed by atoms with E-state index in [4.69, 9.17) is 4.74 Å². The first-order chi connectivity index (χ1) is 14.3. The molecule has 156 valence electrons. The molecule has 2 aromatic carbocycles. The summed E-state index contributed by atoms with van der Waals surface area (Å²) >= 11 is 0. The van der Waals surface area contributed by atoms with Crippen LogP contribution in [0.4, 0.5) is 5.69 Å². The Hall–Kier alpha value is -3.19. The topological polar surface area (TPSA) is 92.9 Å². The van der Waals surface area contributed by atoms with Gasteiger partial charge in [-0.05, 0) is 56.5 Å². The highest BCUT2D eigenvalue weighted by Crippen LogP contribution is 2.42. The van der Waals surface area contributed by atoms with Gasteiger partial charge in [-0.3, -0.25) is 19.8 Å². The van der Waals surface area contributed by atoms with Gasteiger partial charge in [0.1, 0.15) is 11.5 Å². The number of piperidine rings is 1. The number of hydrogen-bond donors (Lipinski definition) is 1. The molecule has 30 heavy (non-hydrogen) atoms. The SMILES string of the molecule is Cc1cc(O)c(CN2CCCCC2C)c2c1C(=O)/C(=C/c1cccc([N+](=O)[O-])c1)O2. The van der Waals surface area contributed by atoms with Gasteiger partial charge in [-0.25, -0.2) is 0 Å². The van der Waals surface area contributed by atoms with Gasteiger partial charge < -0.3 is 9.84 Å². The van der Waals surface area contributed by atoms with E-state index in [0.29, 0.717) is 40.6 Å². The molecule has 7 heteroatoms. The van der Waals surface area contributed by atoms with E-state index in [0.717, 1.165) is 19.4 Å². The third-order valence-electron chi connectivity index (χ3n) is 5.90. The Morgan fingerprint density at radius 1 is 1.33 bits per heavy atom. The number of nitro groups is 1. The molecule has 7 nitrogen and oxygen atoms in total. The van der Waals surface area contributed by atoms with Crippen LogP contribution in [0.2, 0.25) is 0 Å². The number of aryl methyl sites for hydroxylation is 1. The maximum Gasteiger partial charge on any atom is 0.270 e. The predicted molar refractivity (Wildman–Crippen MR) is 113 cm³/mol. The number of ketones is 1. The average molecular weight is 408 g/mol. The lowest BCUT2D eigenvalue weighted by atomic mass is 9.97. The number of ether oxygens (including phenoxy) is 1. The number of carbonyl (C=O) groups excluding carboxylic acids is 1. The fourth-order valence-electron chi connectivity index (χ4n) is 4.21. The first kappa shape index (κ1) is 20.1. The van der Waals surface area contributed by atoms with E-state index >= 15 is 0 Å². The van der Waals surface area contributed by atoms with E-state index in [-0.39, 0.29) is 23.0 Å². The summed E-state index contributed by atoms with van der Waals surface area (Å²) < 4.78 is 5.95. The van der Waals surface area contributed by atoms with Crippen molar-refractivity contribution >= 4 is 17.5 Å². The molecule has 0 radical (unpaired) electrons. The molecule has 1 N–H and O–H groups in total. The number of phenolic OH excluding ortho intramolecular Hbond substituents is 1. The fourth-order valence-corrected chi connectivity index (χ4v) is 4.21. The van der Waals surface area contributed by atoms with Gasteiger partial charge in [0.15, 0.2) is 5.76 Å². The predicted octanol–water partition coefficient (Wildman–Crippen LogP) is 4.60. The molecule has 0 aliphatic carbocycles. The van der Waals surface area contributed by atoms with Crippen LogP contribution >= 0.6 is 0 Å². The number of fused-ring (bicyclic) bond motifs is 1. The monoisotopic (exact) mass is 408 g/mol. The second-order valence-electron chi connectivity index (χ2n) is 8.00. The average Bonchev–Trinajstić information content (AvgIpc) is 3.03. The number of benzene rings is 2. The van der Waals surface area contributed by atoms with E-state index in [1.807, 2.05) is 0 Å². The lowest BCUT2D eigenvalue weighted by Gasteiger charge is -2.33. The number of aromatic hydroxyl groups is 1. The van der Waals surface area contributed by atoms with Crippen LogP contribution in [0, 0.1) is 17.0 Å². The van der Waals surface area contributed by atoms with Crippen molar-refractivity contribution in [2.75, 3.05) is 6.54 Å². The molecule has 2 heterocycles. The number of Topliss-reactive ketones (excluding diaryl/α,β-unsaturated/α-hetero) is 1. The molecule has 1 atom stereocenters. The number of non-ortho nitro benzene ring substituents is 1. The molecule has 0 aromatic heterocycles. The number of nitrogens with zero attached hydrogens (tertiary/aromatic N) is 2. The molecule has 1 saturated heterocycles. The largest absolute Gasteiger partial charge is 0.507 e. The molecule has 0 bridgehead atoms. The molecule has 1 fully saturated rings. The molecule has 2 aliphatic heterocycles. The number of rotatable bonds is 4. The number of allylic oxidation sites excluding steroid dienone is 1. The minimum Gasteiger partial charge on any atom is -0.507 e. The Kier molecular flexibility index (Phi) is 5.30. The highest BCUT2D eigenvalue weighted by atomic mass is 16.6. The van der Waals surface area contributed by atoms with Crippen LogP contribution in [0.5, 0.6) is 11.5 Å². The van der Waals surface area contributed by atoms with Crippen molar-refractivity contribution in [3.05, 3.63) is 68.5 Å². The smallest absolute Gasteiger partial charge is 0.270 e. The van der Waals surface area contributed by atoms with Crippen LogP contribution in [0.3, 0.4) is 0 Å². The normalized spacial score (nSPS) is 20.3. The highest BCUT2D eigenvalue weighted by Gasteiger charge is 2.34. The van der Waals surface area contributed by atoms with Crippen LogP contribution in [-0.4, -0.2) is 33.3 Å². The Morgan fingerprint density at radius 2 is 2.13 bits per heavy atom. The van der Waals surface area contributed by atoms with E-state index in [2.05, 4.69) is 11.8 Å². The first-order valence-corrected chi connectivity index (χ1v) is 10.1. The van der Waals surface area contributed by atoms with Gasteiger partial charge in [0.2, 0.25) is 5.78 Å². The van der Waals surface area contributed by atoms with Crippen molar-refractivity contribution in [2.45, 2.75) is 45.7 Å².